The van der Waals surface area contributed by atoms with Crippen LogP contribution >= 0.6 is 12.4 Å². The number of nitrogens with one attached hydrogen (secondary N) is 3. The minimum absolute atomic E-state index is 0. The van der Waals surface area contributed by atoms with Crippen molar-refractivity contribution in [1.82, 2.24) is 30.7 Å². The summed E-state index contributed by atoms with van der Waals surface area (Å²) in [6, 6.07) is 7.50. The van der Waals surface area contributed by atoms with Gasteiger partial charge in [-0.3, -0.25) is 29.0 Å². The molecule has 48 heavy (non-hydrogen) atoms. The fraction of sp³-hybridized carbons (Fsp3) is 0.529. The molecule has 3 heterocycles. The highest BCUT2D eigenvalue weighted by molar-refractivity contribution is 5.95. The van der Waals surface area contributed by atoms with E-state index in [1.54, 1.807) is 30.6 Å². The highest BCUT2D eigenvalue weighted by Crippen LogP contribution is 2.36. The van der Waals surface area contributed by atoms with E-state index in [9.17, 15) is 29.1 Å². The smallest absolute Gasteiger partial charge is 0.258 e. The first kappa shape index (κ1) is 38.2. The van der Waals surface area contributed by atoms with Crippen molar-refractivity contribution < 1.29 is 33.8 Å². The molecule has 1 spiro atoms. The largest absolute Gasteiger partial charge is 0.484 e. The van der Waals surface area contributed by atoms with Crippen LogP contribution in [0.1, 0.15) is 56.5 Å². The predicted octanol–water partition coefficient (Wildman–Crippen LogP) is 1.33. The zero-order valence-corrected chi connectivity index (χ0v) is 28.9. The molecule has 1 saturated heterocycles. The van der Waals surface area contributed by atoms with E-state index in [0.717, 1.165) is 10.5 Å². The number of rotatable bonds is 3. The van der Waals surface area contributed by atoms with Crippen LogP contribution in [0.15, 0.2) is 48.8 Å². The molecule has 4 N–H and O–H groups in total. The van der Waals surface area contributed by atoms with Crippen molar-refractivity contribution in [2.24, 2.45) is 11.3 Å². The van der Waals surface area contributed by atoms with Crippen molar-refractivity contribution in [3.8, 4) is 5.75 Å². The Bertz CT molecular complexity index is 1450. The number of aliphatic hydroxyl groups excluding tert-OH is 1. The molecule has 0 aliphatic carbocycles. The number of amides is 5. The summed E-state index contributed by atoms with van der Waals surface area (Å²) in [4.78, 5) is 73.2. The molecule has 4 rings (SSSR count). The minimum Gasteiger partial charge on any atom is -0.484 e. The number of hydrogen-bond donors (Lipinski definition) is 4. The molecular formula is C34H47ClN6O7. The van der Waals surface area contributed by atoms with Gasteiger partial charge in [-0.2, -0.15) is 0 Å². The summed E-state index contributed by atoms with van der Waals surface area (Å²) in [6.45, 7) is 7.41. The second-order valence-electron chi connectivity index (χ2n) is 13.0. The van der Waals surface area contributed by atoms with E-state index in [-0.39, 0.29) is 30.1 Å². The Morgan fingerprint density at radius 2 is 1.67 bits per heavy atom. The number of halogens is 1. The van der Waals surface area contributed by atoms with Crippen LogP contribution in [0.5, 0.6) is 5.75 Å². The highest BCUT2D eigenvalue weighted by atomic mass is 35.5. The Morgan fingerprint density at radius 3 is 2.29 bits per heavy atom. The fourth-order valence-corrected chi connectivity index (χ4v) is 5.99. The molecule has 2 bridgehead atoms. The van der Waals surface area contributed by atoms with Crippen LogP contribution in [0, 0.1) is 11.3 Å². The maximum atomic E-state index is 13.7. The van der Waals surface area contributed by atoms with E-state index in [0.29, 0.717) is 50.2 Å². The number of ether oxygens (including phenoxy) is 1. The fourth-order valence-electron chi connectivity index (χ4n) is 5.99. The molecule has 14 heteroatoms. The van der Waals surface area contributed by atoms with Crippen LogP contribution < -0.4 is 20.7 Å². The zero-order chi connectivity index (χ0) is 34.3. The third-order valence-electron chi connectivity index (χ3n) is 9.14. The van der Waals surface area contributed by atoms with Crippen molar-refractivity contribution >= 4 is 41.9 Å². The molecule has 2 aliphatic heterocycles. The van der Waals surface area contributed by atoms with Gasteiger partial charge in [0.2, 0.25) is 17.7 Å². The number of likely N-dealkylation sites (tertiary alicyclic amines) is 1. The van der Waals surface area contributed by atoms with Crippen molar-refractivity contribution in [3.63, 3.8) is 0 Å². The average Bonchev–Trinajstić information content (AvgIpc) is 3.06. The Balaban J connectivity index is 0.00000625. The van der Waals surface area contributed by atoms with Gasteiger partial charge in [0.05, 0.1) is 6.10 Å². The van der Waals surface area contributed by atoms with Gasteiger partial charge in [0.15, 0.2) is 6.61 Å². The quantitative estimate of drug-likeness (QED) is 0.375. The van der Waals surface area contributed by atoms with Gasteiger partial charge in [-0.25, -0.2) is 0 Å². The number of carbonyl (C=O) groups excluding carboxylic acids is 5. The SMILES string of the molecule is CC(C)[C@H]1NC(=O)[C@H](C)N(C)C(=O)[C@H]([C@@H](C)O)NC(=O)COc2cccc(c2)CC2(CCN(C(=O)c3ccncc3)CC2)CNC1=O.Cl. The zero-order valence-electron chi connectivity index (χ0n) is 28.1. The van der Waals surface area contributed by atoms with Gasteiger partial charge in [-0.1, -0.05) is 26.0 Å². The van der Waals surface area contributed by atoms with E-state index in [1.165, 1.54) is 20.9 Å². The predicted molar refractivity (Wildman–Crippen MR) is 180 cm³/mol. The lowest BCUT2D eigenvalue weighted by Gasteiger charge is -2.42. The van der Waals surface area contributed by atoms with Gasteiger partial charge >= 0.3 is 0 Å². The Morgan fingerprint density at radius 1 is 1.00 bits per heavy atom. The lowest BCUT2D eigenvalue weighted by atomic mass is 9.73. The normalized spacial score (nSPS) is 23.4. The molecule has 5 amide bonds. The number of hydrogen-bond acceptors (Lipinski definition) is 8. The number of carbonyl (C=O) groups is 5. The summed E-state index contributed by atoms with van der Waals surface area (Å²) in [5.74, 6) is -2.09. The molecule has 2 aromatic rings. The molecule has 1 aromatic heterocycles. The number of pyridine rings is 1. The summed E-state index contributed by atoms with van der Waals surface area (Å²) >= 11 is 0. The molecule has 1 aromatic carbocycles. The third kappa shape index (κ3) is 9.44. The number of nitrogens with zero attached hydrogens (tertiary/aromatic N) is 3. The van der Waals surface area contributed by atoms with E-state index < -0.39 is 54.0 Å². The highest BCUT2D eigenvalue weighted by Gasteiger charge is 2.39. The second kappa shape index (κ2) is 16.7. The summed E-state index contributed by atoms with van der Waals surface area (Å²) in [5.41, 5.74) is 1.07. The topological polar surface area (TPSA) is 170 Å². The Labute approximate surface area is 287 Å². The molecule has 0 saturated carbocycles. The van der Waals surface area contributed by atoms with Gasteiger partial charge < -0.3 is 35.6 Å². The van der Waals surface area contributed by atoms with Crippen LogP contribution in [0.2, 0.25) is 0 Å². The molecule has 262 valence electrons. The van der Waals surface area contributed by atoms with Crippen LogP contribution in [-0.4, -0.2) is 107 Å². The second-order valence-corrected chi connectivity index (χ2v) is 13.0. The summed E-state index contributed by atoms with van der Waals surface area (Å²) in [7, 11) is 1.40. The van der Waals surface area contributed by atoms with E-state index in [1.807, 2.05) is 36.9 Å². The van der Waals surface area contributed by atoms with Gasteiger partial charge in [-0.05, 0) is 74.3 Å². The lowest BCUT2D eigenvalue weighted by Crippen LogP contribution is -2.59. The first-order valence-corrected chi connectivity index (χ1v) is 16.0. The molecule has 2 aliphatic rings. The number of fused-ring (bicyclic) bond motifs is 2. The van der Waals surface area contributed by atoms with Crippen molar-refractivity contribution in [2.75, 3.05) is 33.3 Å². The number of benzene rings is 1. The molecule has 13 nitrogen and oxygen atoms in total. The van der Waals surface area contributed by atoms with Gasteiger partial charge in [0.25, 0.3) is 11.8 Å². The van der Waals surface area contributed by atoms with Crippen LogP contribution in [0.3, 0.4) is 0 Å². The van der Waals surface area contributed by atoms with Crippen LogP contribution in [0.25, 0.3) is 0 Å². The molecule has 1 fully saturated rings. The molecule has 4 atom stereocenters. The van der Waals surface area contributed by atoms with Crippen molar-refractivity contribution in [3.05, 3.63) is 59.9 Å². The molecule has 0 radical (unpaired) electrons. The van der Waals surface area contributed by atoms with E-state index in [4.69, 9.17) is 4.74 Å². The first-order chi connectivity index (χ1) is 22.3. The van der Waals surface area contributed by atoms with Crippen LogP contribution in [-0.2, 0) is 25.6 Å². The monoisotopic (exact) mass is 686 g/mol. The lowest BCUT2D eigenvalue weighted by molar-refractivity contribution is -0.144. The van der Waals surface area contributed by atoms with E-state index >= 15 is 0 Å². The number of likely N-dealkylation sites (N-methyl/N-ethyl adjacent to an activating group) is 1. The molecule has 0 unspecified atom stereocenters. The maximum Gasteiger partial charge on any atom is 0.258 e. The summed E-state index contributed by atoms with van der Waals surface area (Å²) < 4.78 is 5.77. The standard InChI is InChI=1S/C34H46N6O7.ClH/c1-21(2)28-31(44)36-20-34(11-15-40(16-12-34)32(45)25-9-13-35-14-10-25)18-24-7-6-8-26(17-24)47-19-27(42)37-29(23(4)41)33(46)39(5)22(3)30(43)38-28;/h6-10,13-14,17,21-23,28-29,41H,11-12,15-16,18-20H2,1-5H3,(H,36,44)(H,37,42)(H,38,43);1H/t22-,23+,28+,29-;/m0./s1. The van der Waals surface area contributed by atoms with Gasteiger partial charge in [-0.15, -0.1) is 12.4 Å². The van der Waals surface area contributed by atoms with E-state index in [2.05, 4.69) is 20.9 Å². The van der Waals surface area contributed by atoms with Crippen molar-refractivity contribution in [2.45, 2.75) is 71.2 Å². The minimum atomic E-state index is -1.32. The van der Waals surface area contributed by atoms with Gasteiger partial charge in [0.1, 0.15) is 23.9 Å². The Kier molecular flexibility index (Phi) is 13.3. The average molecular weight is 687 g/mol. The van der Waals surface area contributed by atoms with Crippen LogP contribution in [0.4, 0.5) is 0 Å². The number of aliphatic hydroxyl groups is 1. The first-order valence-electron chi connectivity index (χ1n) is 16.0. The summed E-state index contributed by atoms with van der Waals surface area (Å²) in [5, 5.41) is 18.7. The number of aromatic nitrogens is 1. The maximum absolute atomic E-state index is 13.7. The third-order valence-corrected chi connectivity index (χ3v) is 9.14. The van der Waals surface area contributed by atoms with Gasteiger partial charge in [0, 0.05) is 44.6 Å². The number of piperidine rings is 1. The van der Waals surface area contributed by atoms with Crippen molar-refractivity contribution in [1.29, 1.82) is 0 Å². The Hall–Kier alpha value is -4.23. The molecular weight excluding hydrogens is 640 g/mol. The summed E-state index contributed by atoms with van der Waals surface area (Å²) in [6.07, 6.45) is 3.71.